The fourth-order valence-electron chi connectivity index (χ4n) is 2.43. The molecular formula is C13H17N5O2S. The number of aromatic nitrogens is 3. The second kappa shape index (κ2) is 5.82. The van der Waals surface area contributed by atoms with Crippen LogP contribution in [-0.2, 0) is 18.2 Å². The Bertz CT molecular complexity index is 638. The molecular weight excluding hydrogens is 290 g/mol. The van der Waals surface area contributed by atoms with Crippen molar-refractivity contribution in [2.75, 3.05) is 11.9 Å². The zero-order valence-electron chi connectivity index (χ0n) is 11.9. The zero-order chi connectivity index (χ0) is 14.8. The van der Waals surface area contributed by atoms with Crippen LogP contribution in [0.5, 0.6) is 0 Å². The highest BCUT2D eigenvalue weighted by Gasteiger charge is 2.28. The third-order valence-corrected chi connectivity index (χ3v) is 4.37. The van der Waals surface area contributed by atoms with Crippen molar-refractivity contribution in [2.45, 2.75) is 25.5 Å². The summed E-state index contributed by atoms with van der Waals surface area (Å²) in [6.45, 7) is 2.63. The Morgan fingerprint density at radius 2 is 2.48 bits per heavy atom. The number of amides is 2. The Morgan fingerprint density at radius 1 is 1.62 bits per heavy atom. The maximum Gasteiger partial charge on any atom is 0.320 e. The molecule has 3 heterocycles. The molecule has 0 aromatic carbocycles. The number of nitrogens with one attached hydrogen (secondary N) is 2. The van der Waals surface area contributed by atoms with Crippen molar-refractivity contribution < 1.29 is 9.53 Å². The molecule has 2 aromatic heterocycles. The summed E-state index contributed by atoms with van der Waals surface area (Å²) in [6.07, 6.45) is 2.48. The van der Waals surface area contributed by atoms with Crippen LogP contribution in [0.25, 0.3) is 0 Å². The number of hydrogen-bond acceptors (Lipinski definition) is 5. The van der Waals surface area contributed by atoms with E-state index in [4.69, 9.17) is 4.74 Å². The van der Waals surface area contributed by atoms with E-state index >= 15 is 0 Å². The topological polar surface area (TPSA) is 81.1 Å². The SMILES string of the molecule is C[C@H](NC(=O)Nc1cn(C)nn1)[C@H]1OCCc2sccc21. The summed E-state index contributed by atoms with van der Waals surface area (Å²) in [5.41, 5.74) is 1.18. The maximum absolute atomic E-state index is 12.0. The van der Waals surface area contributed by atoms with Gasteiger partial charge in [0.1, 0.15) is 6.10 Å². The highest BCUT2D eigenvalue weighted by Crippen LogP contribution is 2.33. The van der Waals surface area contributed by atoms with Crippen LogP contribution in [-0.4, -0.2) is 33.7 Å². The van der Waals surface area contributed by atoms with E-state index in [2.05, 4.69) is 32.4 Å². The van der Waals surface area contributed by atoms with Crippen LogP contribution in [0.15, 0.2) is 17.6 Å². The van der Waals surface area contributed by atoms with Gasteiger partial charge in [-0.25, -0.2) is 4.79 Å². The lowest BCUT2D eigenvalue weighted by molar-refractivity contribution is 0.0238. The van der Waals surface area contributed by atoms with Crippen LogP contribution in [0.1, 0.15) is 23.5 Å². The minimum atomic E-state index is -0.311. The number of aryl methyl sites for hydroxylation is 1. The molecule has 0 aliphatic carbocycles. The standard InChI is InChI=1S/C13H17N5O2S/c1-8(12-9-4-6-21-10(9)3-5-20-12)14-13(19)15-11-7-18(2)17-16-11/h4,6-8,12H,3,5H2,1-2H3,(H2,14,15,19)/t8-,12+/m0/s1. The van der Waals surface area contributed by atoms with E-state index < -0.39 is 0 Å². The molecule has 0 spiro atoms. The zero-order valence-corrected chi connectivity index (χ0v) is 12.7. The van der Waals surface area contributed by atoms with Crippen LogP contribution < -0.4 is 10.6 Å². The third kappa shape index (κ3) is 3.06. The molecule has 0 saturated carbocycles. The number of carbonyl (C=O) groups excluding carboxylic acids is 1. The highest BCUT2D eigenvalue weighted by atomic mass is 32.1. The monoisotopic (exact) mass is 307 g/mol. The van der Waals surface area contributed by atoms with E-state index in [0.717, 1.165) is 6.42 Å². The molecule has 7 nitrogen and oxygen atoms in total. The summed E-state index contributed by atoms with van der Waals surface area (Å²) in [6, 6.07) is 1.63. The van der Waals surface area contributed by atoms with Crippen molar-refractivity contribution in [1.29, 1.82) is 0 Å². The fraction of sp³-hybridized carbons (Fsp3) is 0.462. The van der Waals surface area contributed by atoms with E-state index in [9.17, 15) is 4.79 Å². The molecule has 2 amide bonds. The van der Waals surface area contributed by atoms with Crippen molar-refractivity contribution in [2.24, 2.45) is 7.05 Å². The molecule has 2 atom stereocenters. The van der Waals surface area contributed by atoms with Crippen LogP contribution in [0.3, 0.4) is 0 Å². The van der Waals surface area contributed by atoms with Crippen molar-refractivity contribution in [1.82, 2.24) is 20.3 Å². The molecule has 2 N–H and O–H groups in total. The van der Waals surface area contributed by atoms with Crippen molar-refractivity contribution in [3.8, 4) is 0 Å². The molecule has 8 heteroatoms. The van der Waals surface area contributed by atoms with Crippen molar-refractivity contribution in [3.63, 3.8) is 0 Å². The van der Waals surface area contributed by atoms with Gasteiger partial charge in [0.05, 0.1) is 18.8 Å². The van der Waals surface area contributed by atoms with Gasteiger partial charge in [0.25, 0.3) is 0 Å². The van der Waals surface area contributed by atoms with E-state index in [1.807, 2.05) is 6.92 Å². The number of ether oxygens (including phenoxy) is 1. The Labute approximate surface area is 126 Å². The molecule has 1 aliphatic heterocycles. The third-order valence-electron chi connectivity index (χ3n) is 3.37. The highest BCUT2D eigenvalue weighted by molar-refractivity contribution is 7.10. The lowest BCUT2D eigenvalue weighted by Crippen LogP contribution is -2.41. The van der Waals surface area contributed by atoms with Crippen molar-refractivity contribution >= 4 is 23.2 Å². The number of carbonyl (C=O) groups is 1. The van der Waals surface area contributed by atoms with Crippen LogP contribution >= 0.6 is 11.3 Å². The number of hydrogen-bond donors (Lipinski definition) is 2. The summed E-state index contributed by atoms with van der Waals surface area (Å²) >= 11 is 1.74. The second-order valence-electron chi connectivity index (χ2n) is 5.01. The number of thiophene rings is 1. The quantitative estimate of drug-likeness (QED) is 0.904. The lowest BCUT2D eigenvalue weighted by Gasteiger charge is -2.29. The Hall–Kier alpha value is -1.93. The largest absolute Gasteiger partial charge is 0.371 e. The van der Waals surface area contributed by atoms with Gasteiger partial charge in [0.15, 0.2) is 5.82 Å². The van der Waals surface area contributed by atoms with Gasteiger partial charge < -0.3 is 10.1 Å². The number of urea groups is 1. The Kier molecular flexibility index (Phi) is 3.89. The summed E-state index contributed by atoms with van der Waals surface area (Å²) in [5, 5.41) is 15.2. The molecule has 21 heavy (non-hydrogen) atoms. The first kappa shape index (κ1) is 14.0. The van der Waals surface area contributed by atoms with Crippen LogP contribution in [0, 0.1) is 0 Å². The van der Waals surface area contributed by atoms with E-state index in [1.165, 1.54) is 15.1 Å². The van der Waals surface area contributed by atoms with Crippen molar-refractivity contribution in [3.05, 3.63) is 28.1 Å². The molecule has 3 rings (SSSR count). The van der Waals surface area contributed by atoms with Gasteiger partial charge in [-0.1, -0.05) is 5.21 Å². The molecule has 0 saturated heterocycles. The minimum absolute atomic E-state index is 0.104. The molecule has 0 radical (unpaired) electrons. The summed E-state index contributed by atoms with van der Waals surface area (Å²) < 4.78 is 7.34. The van der Waals surface area contributed by atoms with Gasteiger partial charge in [-0.15, -0.1) is 16.4 Å². The van der Waals surface area contributed by atoms with E-state index in [-0.39, 0.29) is 18.2 Å². The lowest BCUT2D eigenvalue weighted by atomic mass is 10.0. The Balaban J connectivity index is 1.62. The number of fused-ring (bicyclic) bond motifs is 1. The van der Waals surface area contributed by atoms with Gasteiger partial charge >= 0.3 is 6.03 Å². The Morgan fingerprint density at radius 3 is 3.24 bits per heavy atom. The maximum atomic E-state index is 12.0. The smallest absolute Gasteiger partial charge is 0.320 e. The van der Waals surface area contributed by atoms with Gasteiger partial charge in [-0.3, -0.25) is 10.00 Å². The summed E-state index contributed by atoms with van der Waals surface area (Å²) in [7, 11) is 1.74. The molecule has 112 valence electrons. The van der Waals surface area contributed by atoms with E-state index in [1.54, 1.807) is 24.6 Å². The fourth-order valence-corrected chi connectivity index (χ4v) is 3.33. The average molecular weight is 307 g/mol. The summed E-state index contributed by atoms with van der Waals surface area (Å²) in [5.74, 6) is 0.419. The molecule has 0 bridgehead atoms. The predicted molar refractivity (Wildman–Crippen MR) is 79.3 cm³/mol. The van der Waals surface area contributed by atoms with E-state index in [0.29, 0.717) is 12.4 Å². The first-order valence-electron chi connectivity index (χ1n) is 6.75. The second-order valence-corrected chi connectivity index (χ2v) is 6.01. The molecule has 0 fully saturated rings. The minimum Gasteiger partial charge on any atom is -0.371 e. The molecule has 1 aliphatic rings. The normalized spacial score (nSPS) is 18.9. The van der Waals surface area contributed by atoms with Gasteiger partial charge in [-0.05, 0) is 23.9 Å². The van der Waals surface area contributed by atoms with Gasteiger partial charge in [-0.2, -0.15) is 0 Å². The number of rotatable bonds is 3. The van der Waals surface area contributed by atoms with Crippen LogP contribution in [0.4, 0.5) is 10.6 Å². The van der Waals surface area contributed by atoms with Crippen LogP contribution in [0.2, 0.25) is 0 Å². The first-order chi connectivity index (χ1) is 10.1. The van der Waals surface area contributed by atoms with Gasteiger partial charge in [0.2, 0.25) is 0 Å². The predicted octanol–water partition coefficient (Wildman–Crippen LogP) is 1.70. The molecule has 2 aromatic rings. The number of anilines is 1. The molecule has 0 unspecified atom stereocenters. The number of nitrogens with zero attached hydrogens (tertiary/aromatic N) is 3. The summed E-state index contributed by atoms with van der Waals surface area (Å²) in [4.78, 5) is 13.3. The van der Waals surface area contributed by atoms with Gasteiger partial charge in [0, 0.05) is 18.3 Å². The first-order valence-corrected chi connectivity index (χ1v) is 7.63. The average Bonchev–Trinajstić information content (AvgIpc) is 3.06.